The van der Waals surface area contributed by atoms with Gasteiger partial charge in [0.2, 0.25) is 0 Å². The molecule has 0 atom stereocenters. The number of aromatic nitrogens is 1. The van der Waals surface area contributed by atoms with E-state index in [0.717, 1.165) is 21.1 Å². The van der Waals surface area contributed by atoms with Gasteiger partial charge in [0.25, 0.3) is 0 Å². The highest BCUT2D eigenvalue weighted by Crippen LogP contribution is 2.26. The van der Waals surface area contributed by atoms with Gasteiger partial charge in [-0.25, -0.2) is 9.37 Å². The van der Waals surface area contributed by atoms with Crippen molar-refractivity contribution in [2.24, 2.45) is 0 Å². The lowest BCUT2D eigenvalue weighted by Gasteiger charge is -2.06. The van der Waals surface area contributed by atoms with Crippen molar-refractivity contribution in [3.05, 3.63) is 45.2 Å². The van der Waals surface area contributed by atoms with Gasteiger partial charge in [-0.3, -0.25) is 4.79 Å². The van der Waals surface area contributed by atoms with Gasteiger partial charge in [0.05, 0.1) is 24.2 Å². The maximum Gasteiger partial charge on any atom is 0.303 e. The number of aryl methyl sites for hydroxylation is 2. The van der Waals surface area contributed by atoms with E-state index >= 15 is 0 Å². The van der Waals surface area contributed by atoms with Crippen LogP contribution in [-0.2, 0) is 17.6 Å². The van der Waals surface area contributed by atoms with Crippen molar-refractivity contribution in [3.63, 3.8) is 0 Å². The number of hydrogen-bond donors (Lipinski definition) is 1. The molecule has 4 nitrogen and oxygen atoms in total. The first-order chi connectivity index (χ1) is 9.99. The molecule has 2 aromatic rings. The molecule has 0 fully saturated rings. The number of rotatable bonds is 6. The molecule has 0 aliphatic rings. The van der Waals surface area contributed by atoms with Crippen LogP contribution in [-0.4, -0.2) is 23.2 Å². The average Bonchev–Trinajstić information content (AvgIpc) is 2.77. The maximum atomic E-state index is 13.3. The molecule has 2 rings (SSSR count). The Hall–Kier alpha value is -1.95. The van der Waals surface area contributed by atoms with E-state index in [4.69, 9.17) is 9.84 Å². The molecule has 0 aliphatic heterocycles. The highest BCUT2D eigenvalue weighted by Gasteiger charge is 2.12. The zero-order valence-corrected chi connectivity index (χ0v) is 12.7. The first-order valence-corrected chi connectivity index (χ1v) is 7.30. The average molecular weight is 309 g/mol. The Kier molecular flexibility index (Phi) is 4.90. The molecule has 1 heterocycles. The molecular formula is C15H16FNO3S. The minimum Gasteiger partial charge on any atom is -0.496 e. The Morgan fingerprint density at radius 1 is 1.48 bits per heavy atom. The monoisotopic (exact) mass is 309 g/mol. The Morgan fingerprint density at radius 2 is 2.24 bits per heavy atom. The van der Waals surface area contributed by atoms with E-state index in [9.17, 15) is 9.18 Å². The number of carbonyl (C=O) groups is 1. The summed E-state index contributed by atoms with van der Waals surface area (Å²) in [4.78, 5) is 16.0. The molecule has 1 aromatic carbocycles. The first-order valence-electron chi connectivity index (χ1n) is 6.49. The fourth-order valence-electron chi connectivity index (χ4n) is 2.06. The number of ether oxygens (including phenoxy) is 1. The van der Waals surface area contributed by atoms with Crippen LogP contribution in [0.2, 0.25) is 0 Å². The highest BCUT2D eigenvalue weighted by molar-refractivity contribution is 7.11. The smallest absolute Gasteiger partial charge is 0.303 e. The van der Waals surface area contributed by atoms with Crippen LogP contribution >= 0.6 is 11.3 Å². The van der Waals surface area contributed by atoms with Crippen molar-refractivity contribution in [2.75, 3.05) is 7.11 Å². The van der Waals surface area contributed by atoms with Gasteiger partial charge in [-0.05, 0) is 31.5 Å². The quantitative estimate of drug-likeness (QED) is 0.890. The molecule has 0 saturated carbocycles. The van der Waals surface area contributed by atoms with Crippen molar-refractivity contribution in [3.8, 4) is 5.75 Å². The Morgan fingerprint density at radius 3 is 2.90 bits per heavy atom. The van der Waals surface area contributed by atoms with Crippen molar-refractivity contribution in [2.45, 2.75) is 26.2 Å². The van der Waals surface area contributed by atoms with Gasteiger partial charge in [-0.15, -0.1) is 11.3 Å². The van der Waals surface area contributed by atoms with Gasteiger partial charge in [0, 0.05) is 16.9 Å². The number of benzene rings is 1. The largest absolute Gasteiger partial charge is 0.496 e. The van der Waals surface area contributed by atoms with Crippen LogP contribution in [0.5, 0.6) is 5.75 Å². The van der Waals surface area contributed by atoms with Crippen LogP contribution in [0.1, 0.15) is 27.6 Å². The number of carboxylic acids is 1. The number of methoxy groups -OCH3 is 1. The fraction of sp³-hybridized carbons (Fsp3) is 0.333. The second-order valence-corrected chi connectivity index (χ2v) is 5.81. The summed E-state index contributed by atoms with van der Waals surface area (Å²) in [6.45, 7) is 1.86. The Labute approximate surface area is 126 Å². The molecule has 0 aliphatic carbocycles. The molecule has 0 radical (unpaired) electrons. The number of halogens is 1. The summed E-state index contributed by atoms with van der Waals surface area (Å²) >= 11 is 1.47. The predicted molar refractivity (Wildman–Crippen MR) is 78.6 cm³/mol. The van der Waals surface area contributed by atoms with Crippen molar-refractivity contribution in [1.82, 2.24) is 4.98 Å². The lowest BCUT2D eigenvalue weighted by molar-refractivity contribution is -0.136. The third kappa shape index (κ3) is 4.01. The summed E-state index contributed by atoms with van der Waals surface area (Å²) in [6.07, 6.45) is 1.03. The lowest BCUT2D eigenvalue weighted by Crippen LogP contribution is -1.96. The van der Waals surface area contributed by atoms with Crippen molar-refractivity contribution in [1.29, 1.82) is 0 Å². The van der Waals surface area contributed by atoms with Gasteiger partial charge in [-0.1, -0.05) is 0 Å². The maximum absolute atomic E-state index is 13.3. The molecule has 6 heteroatoms. The fourth-order valence-corrected chi connectivity index (χ4v) is 3.16. The third-order valence-electron chi connectivity index (χ3n) is 3.09. The van der Waals surface area contributed by atoms with Crippen LogP contribution in [0.3, 0.4) is 0 Å². The van der Waals surface area contributed by atoms with Crippen LogP contribution in [0.25, 0.3) is 0 Å². The topological polar surface area (TPSA) is 59.4 Å². The molecule has 1 N–H and O–H groups in total. The molecule has 1 aromatic heterocycles. The van der Waals surface area contributed by atoms with Crippen molar-refractivity contribution < 1.29 is 19.0 Å². The van der Waals surface area contributed by atoms with E-state index in [2.05, 4.69) is 4.98 Å². The number of aliphatic carboxylic acids is 1. The number of hydrogen-bond acceptors (Lipinski definition) is 4. The molecular weight excluding hydrogens is 293 g/mol. The molecule has 112 valence electrons. The molecule has 21 heavy (non-hydrogen) atoms. The van der Waals surface area contributed by atoms with E-state index < -0.39 is 5.97 Å². The van der Waals surface area contributed by atoms with E-state index in [0.29, 0.717) is 18.6 Å². The second kappa shape index (κ2) is 6.67. The summed E-state index contributed by atoms with van der Waals surface area (Å²) in [5.74, 6) is -0.516. The SMILES string of the molecule is COc1ccc(F)cc1Cc1nc(C)c(CCC(=O)O)s1. The summed E-state index contributed by atoms with van der Waals surface area (Å²) in [5, 5.41) is 9.56. The number of carboxylic acid groups (broad SMARTS) is 1. The second-order valence-electron chi connectivity index (χ2n) is 4.64. The number of nitrogens with zero attached hydrogens (tertiary/aromatic N) is 1. The Bertz CT molecular complexity index is 654. The van der Waals surface area contributed by atoms with E-state index in [1.165, 1.54) is 23.5 Å². The van der Waals surface area contributed by atoms with Crippen LogP contribution in [0.15, 0.2) is 18.2 Å². The lowest BCUT2D eigenvalue weighted by atomic mass is 10.1. The highest BCUT2D eigenvalue weighted by atomic mass is 32.1. The summed E-state index contributed by atoms with van der Waals surface area (Å²) < 4.78 is 18.6. The number of thiazole rings is 1. The van der Waals surface area contributed by atoms with Crippen LogP contribution < -0.4 is 4.74 Å². The minimum atomic E-state index is -0.823. The van der Waals surface area contributed by atoms with Gasteiger partial charge in [0.1, 0.15) is 11.6 Å². The Balaban J connectivity index is 2.18. The summed E-state index contributed by atoms with van der Waals surface area (Å²) in [5.41, 5.74) is 1.57. The molecule has 0 spiro atoms. The third-order valence-corrected chi connectivity index (χ3v) is 4.30. The molecule has 0 unspecified atom stereocenters. The summed E-state index contributed by atoms with van der Waals surface area (Å²) in [6, 6.07) is 4.39. The van der Waals surface area contributed by atoms with Gasteiger partial charge < -0.3 is 9.84 Å². The minimum absolute atomic E-state index is 0.0890. The van der Waals surface area contributed by atoms with E-state index in [1.807, 2.05) is 6.92 Å². The van der Waals surface area contributed by atoms with Gasteiger partial charge in [-0.2, -0.15) is 0 Å². The predicted octanol–water partition coefficient (Wildman–Crippen LogP) is 3.21. The molecule has 0 amide bonds. The van der Waals surface area contributed by atoms with Crippen LogP contribution in [0, 0.1) is 12.7 Å². The standard InChI is InChI=1S/C15H16FNO3S/c1-9-13(5-6-15(18)19)21-14(17-9)8-10-7-11(16)3-4-12(10)20-2/h3-4,7H,5-6,8H2,1-2H3,(H,18,19). The van der Waals surface area contributed by atoms with E-state index in [-0.39, 0.29) is 12.2 Å². The molecule has 0 bridgehead atoms. The zero-order valence-electron chi connectivity index (χ0n) is 11.9. The van der Waals surface area contributed by atoms with E-state index in [1.54, 1.807) is 13.2 Å². The zero-order chi connectivity index (χ0) is 15.4. The van der Waals surface area contributed by atoms with Crippen molar-refractivity contribution >= 4 is 17.3 Å². The molecule has 0 saturated heterocycles. The van der Waals surface area contributed by atoms with Gasteiger partial charge >= 0.3 is 5.97 Å². The summed E-state index contributed by atoms with van der Waals surface area (Å²) in [7, 11) is 1.54. The van der Waals surface area contributed by atoms with Gasteiger partial charge in [0.15, 0.2) is 0 Å². The first kappa shape index (κ1) is 15.4. The normalized spacial score (nSPS) is 10.6. The van der Waals surface area contributed by atoms with Crippen LogP contribution in [0.4, 0.5) is 4.39 Å².